The highest BCUT2D eigenvalue weighted by Crippen LogP contribution is 2.31. The first kappa shape index (κ1) is 16.1. The number of rotatable bonds is 5. The zero-order valence-electron chi connectivity index (χ0n) is 13.6. The van der Waals surface area contributed by atoms with Crippen LogP contribution in [0.25, 0.3) is 0 Å². The molecule has 0 aromatic heterocycles. The first-order valence-electron chi connectivity index (χ1n) is 7.95. The van der Waals surface area contributed by atoms with E-state index in [4.69, 9.17) is 10.5 Å². The third-order valence-electron chi connectivity index (χ3n) is 3.86. The van der Waals surface area contributed by atoms with E-state index in [2.05, 4.69) is 49.2 Å². The average molecular weight is 291 g/mol. The highest BCUT2D eigenvalue weighted by molar-refractivity contribution is 5.55. The molecule has 118 valence electrons. The van der Waals surface area contributed by atoms with Gasteiger partial charge in [0.2, 0.25) is 0 Å². The molecular formula is C17H29N3O. The van der Waals surface area contributed by atoms with Crippen LogP contribution in [0.15, 0.2) is 18.2 Å². The first-order chi connectivity index (χ1) is 10.0. The topological polar surface area (TPSA) is 50.5 Å². The number of ether oxygens (including phenoxy) is 1. The summed E-state index contributed by atoms with van der Waals surface area (Å²) in [6.07, 6.45) is 0.892. The van der Waals surface area contributed by atoms with Crippen molar-refractivity contribution in [1.82, 2.24) is 5.32 Å². The van der Waals surface area contributed by atoms with Crippen molar-refractivity contribution in [2.24, 2.45) is 5.73 Å². The third kappa shape index (κ3) is 4.61. The smallest absolute Gasteiger partial charge is 0.121 e. The van der Waals surface area contributed by atoms with Crippen molar-refractivity contribution in [3.8, 4) is 5.75 Å². The Labute approximate surface area is 128 Å². The average Bonchev–Trinajstić information content (AvgIpc) is 2.47. The number of hydrogen-bond acceptors (Lipinski definition) is 4. The minimum absolute atomic E-state index is 0.121. The molecule has 0 amide bonds. The van der Waals surface area contributed by atoms with Crippen molar-refractivity contribution < 1.29 is 4.74 Å². The number of piperazine rings is 1. The molecule has 21 heavy (non-hydrogen) atoms. The van der Waals surface area contributed by atoms with Crippen LogP contribution < -0.4 is 20.7 Å². The van der Waals surface area contributed by atoms with E-state index >= 15 is 0 Å². The van der Waals surface area contributed by atoms with Crippen LogP contribution in [0.4, 0.5) is 5.69 Å². The Morgan fingerprint density at radius 3 is 2.52 bits per heavy atom. The highest BCUT2D eigenvalue weighted by atomic mass is 16.5. The van der Waals surface area contributed by atoms with E-state index < -0.39 is 0 Å². The van der Waals surface area contributed by atoms with Gasteiger partial charge in [0.25, 0.3) is 0 Å². The van der Waals surface area contributed by atoms with Crippen molar-refractivity contribution in [2.45, 2.75) is 32.6 Å². The Morgan fingerprint density at radius 1 is 1.19 bits per heavy atom. The second-order valence-corrected chi connectivity index (χ2v) is 6.69. The van der Waals surface area contributed by atoms with Gasteiger partial charge in [0.05, 0.1) is 6.61 Å². The number of benzene rings is 1. The minimum Gasteiger partial charge on any atom is -0.493 e. The normalized spacial score (nSPS) is 16.1. The molecule has 3 N–H and O–H groups in total. The van der Waals surface area contributed by atoms with Gasteiger partial charge < -0.3 is 20.7 Å². The lowest BCUT2D eigenvalue weighted by Gasteiger charge is -2.31. The monoisotopic (exact) mass is 291 g/mol. The fourth-order valence-electron chi connectivity index (χ4n) is 2.48. The number of anilines is 1. The second-order valence-electron chi connectivity index (χ2n) is 6.69. The molecule has 1 aliphatic heterocycles. The lowest BCUT2D eigenvalue weighted by Crippen LogP contribution is -2.43. The summed E-state index contributed by atoms with van der Waals surface area (Å²) in [5, 5.41) is 3.40. The van der Waals surface area contributed by atoms with Gasteiger partial charge in [-0.05, 0) is 36.1 Å². The lowest BCUT2D eigenvalue weighted by molar-refractivity contribution is 0.312. The Bertz CT molecular complexity index is 448. The van der Waals surface area contributed by atoms with Crippen LogP contribution in [0.3, 0.4) is 0 Å². The maximum Gasteiger partial charge on any atom is 0.121 e. The molecule has 0 unspecified atom stereocenters. The summed E-state index contributed by atoms with van der Waals surface area (Å²) in [5.41, 5.74) is 8.26. The van der Waals surface area contributed by atoms with Gasteiger partial charge in [0.1, 0.15) is 5.75 Å². The van der Waals surface area contributed by atoms with Gasteiger partial charge in [-0.3, -0.25) is 0 Å². The molecule has 0 bridgehead atoms. The molecule has 4 nitrogen and oxygen atoms in total. The SMILES string of the molecule is CC(C)(C)c1cc(OCCCN)cc(N2CCNCC2)c1. The van der Waals surface area contributed by atoms with Crippen LogP contribution >= 0.6 is 0 Å². The van der Waals surface area contributed by atoms with Crippen LogP contribution in [-0.4, -0.2) is 39.3 Å². The van der Waals surface area contributed by atoms with Crippen LogP contribution in [0.5, 0.6) is 5.75 Å². The molecule has 1 saturated heterocycles. The standard InChI is InChI=1S/C17H29N3O/c1-17(2,3)14-11-15(20-8-6-19-7-9-20)13-16(12-14)21-10-4-5-18/h11-13,19H,4-10,18H2,1-3H3. The lowest BCUT2D eigenvalue weighted by atomic mass is 9.86. The van der Waals surface area contributed by atoms with Crippen molar-refractivity contribution >= 4 is 5.69 Å². The summed E-state index contributed by atoms with van der Waals surface area (Å²) in [6.45, 7) is 12.3. The Morgan fingerprint density at radius 2 is 1.90 bits per heavy atom. The molecule has 0 radical (unpaired) electrons. The van der Waals surface area contributed by atoms with Crippen molar-refractivity contribution in [3.05, 3.63) is 23.8 Å². The van der Waals surface area contributed by atoms with Gasteiger partial charge in [0, 0.05) is 37.9 Å². The van der Waals surface area contributed by atoms with E-state index in [1.807, 2.05) is 0 Å². The van der Waals surface area contributed by atoms with E-state index in [0.29, 0.717) is 13.2 Å². The number of nitrogens with zero attached hydrogens (tertiary/aromatic N) is 1. The Kier molecular flexibility index (Phi) is 5.48. The fraction of sp³-hybridized carbons (Fsp3) is 0.647. The quantitative estimate of drug-likeness (QED) is 0.816. The molecule has 0 saturated carbocycles. The van der Waals surface area contributed by atoms with E-state index in [1.165, 1.54) is 11.3 Å². The molecule has 0 spiro atoms. The van der Waals surface area contributed by atoms with Gasteiger partial charge >= 0.3 is 0 Å². The molecule has 1 aromatic rings. The number of hydrogen-bond donors (Lipinski definition) is 2. The van der Waals surface area contributed by atoms with Gasteiger partial charge in [0.15, 0.2) is 0 Å². The second kappa shape index (κ2) is 7.14. The summed E-state index contributed by atoms with van der Waals surface area (Å²) in [5.74, 6) is 0.962. The third-order valence-corrected chi connectivity index (χ3v) is 3.86. The maximum atomic E-state index is 5.89. The predicted molar refractivity (Wildman–Crippen MR) is 89.4 cm³/mol. The van der Waals surface area contributed by atoms with E-state index in [-0.39, 0.29) is 5.41 Å². The Hall–Kier alpha value is -1.26. The summed E-state index contributed by atoms with van der Waals surface area (Å²) in [6, 6.07) is 6.64. The number of nitrogens with two attached hydrogens (primary N) is 1. The summed E-state index contributed by atoms with van der Waals surface area (Å²) < 4.78 is 5.89. The first-order valence-corrected chi connectivity index (χ1v) is 7.95. The van der Waals surface area contributed by atoms with Gasteiger partial charge in [-0.2, -0.15) is 0 Å². The highest BCUT2D eigenvalue weighted by Gasteiger charge is 2.18. The molecule has 0 aliphatic carbocycles. The minimum atomic E-state index is 0.121. The maximum absolute atomic E-state index is 5.89. The van der Waals surface area contributed by atoms with Crippen molar-refractivity contribution in [3.63, 3.8) is 0 Å². The summed E-state index contributed by atoms with van der Waals surface area (Å²) in [7, 11) is 0. The molecule has 1 aromatic carbocycles. The van der Waals surface area contributed by atoms with Crippen molar-refractivity contribution in [1.29, 1.82) is 0 Å². The zero-order valence-corrected chi connectivity index (χ0v) is 13.6. The molecule has 1 fully saturated rings. The summed E-state index contributed by atoms with van der Waals surface area (Å²) in [4.78, 5) is 2.43. The molecule has 2 rings (SSSR count). The largest absolute Gasteiger partial charge is 0.493 e. The van der Waals surface area contributed by atoms with Crippen LogP contribution in [-0.2, 0) is 5.41 Å². The molecule has 1 aliphatic rings. The van der Waals surface area contributed by atoms with Gasteiger partial charge in [-0.1, -0.05) is 20.8 Å². The van der Waals surface area contributed by atoms with E-state index in [1.54, 1.807) is 0 Å². The van der Waals surface area contributed by atoms with Crippen LogP contribution in [0, 0.1) is 0 Å². The van der Waals surface area contributed by atoms with E-state index in [9.17, 15) is 0 Å². The van der Waals surface area contributed by atoms with Crippen LogP contribution in [0.1, 0.15) is 32.8 Å². The predicted octanol–water partition coefficient (Wildman–Crippen LogP) is 2.12. The number of nitrogens with one attached hydrogen (secondary N) is 1. The molecular weight excluding hydrogens is 262 g/mol. The van der Waals surface area contributed by atoms with Crippen LogP contribution in [0.2, 0.25) is 0 Å². The molecule has 1 heterocycles. The molecule has 0 atom stereocenters. The summed E-state index contributed by atoms with van der Waals surface area (Å²) >= 11 is 0. The Balaban J connectivity index is 2.23. The fourth-order valence-corrected chi connectivity index (χ4v) is 2.48. The zero-order chi connectivity index (χ0) is 15.3. The van der Waals surface area contributed by atoms with Gasteiger partial charge in [-0.15, -0.1) is 0 Å². The van der Waals surface area contributed by atoms with Crippen molar-refractivity contribution in [2.75, 3.05) is 44.2 Å². The van der Waals surface area contributed by atoms with Gasteiger partial charge in [-0.25, -0.2) is 0 Å². The molecule has 4 heteroatoms. The van der Waals surface area contributed by atoms with E-state index in [0.717, 1.165) is 38.3 Å².